The van der Waals surface area contributed by atoms with E-state index in [1.807, 2.05) is 6.07 Å². The second kappa shape index (κ2) is 7.75. The summed E-state index contributed by atoms with van der Waals surface area (Å²) in [7, 11) is 0. The van der Waals surface area contributed by atoms with E-state index in [0.29, 0.717) is 30.9 Å². The zero-order valence-corrected chi connectivity index (χ0v) is 15.8. The van der Waals surface area contributed by atoms with Gasteiger partial charge in [-0.25, -0.2) is 0 Å². The number of hydrogen-bond acceptors (Lipinski definition) is 3. The van der Waals surface area contributed by atoms with Crippen molar-refractivity contribution < 1.29 is 22.7 Å². The lowest BCUT2D eigenvalue weighted by molar-refractivity contribution is -0.137. The zero-order valence-electron chi connectivity index (χ0n) is 15.8. The maximum Gasteiger partial charge on any atom is 0.416 e. The molecule has 154 valence electrons. The second-order valence-electron chi connectivity index (χ2n) is 7.27. The lowest BCUT2D eigenvalue weighted by atomic mass is 10.1. The van der Waals surface area contributed by atoms with Gasteiger partial charge in [0.2, 0.25) is 5.91 Å². The van der Waals surface area contributed by atoms with E-state index in [9.17, 15) is 18.0 Å². The standard InChI is InChI=1S/C22H18F3N3O2/c23-22(24,25)15-3-1-13(2-4-15)7-8-30-16-5-6-19-18(10-16)20(12-27-19)28-21(29)17-9-14(17)11-26/h1-6,10,12,14,17,27H,7-9H2,(H,28,29). The van der Waals surface area contributed by atoms with Crippen LogP contribution in [0, 0.1) is 23.2 Å². The van der Waals surface area contributed by atoms with Gasteiger partial charge in [0.05, 0.1) is 35.8 Å². The SMILES string of the molecule is N#CC1CC1C(=O)Nc1c[nH]c2ccc(OCCc3ccc(C(F)(F)F)cc3)cc12. The Morgan fingerprint density at radius 3 is 2.67 bits per heavy atom. The van der Waals surface area contributed by atoms with Crippen molar-refractivity contribution in [1.29, 1.82) is 5.26 Å². The number of amides is 1. The van der Waals surface area contributed by atoms with E-state index >= 15 is 0 Å². The van der Waals surface area contributed by atoms with Crippen molar-refractivity contribution in [1.82, 2.24) is 4.98 Å². The molecule has 2 atom stereocenters. The maximum absolute atomic E-state index is 12.6. The van der Waals surface area contributed by atoms with E-state index in [2.05, 4.69) is 16.4 Å². The number of nitriles is 1. The highest BCUT2D eigenvalue weighted by molar-refractivity contribution is 6.03. The van der Waals surface area contributed by atoms with Crippen molar-refractivity contribution in [3.63, 3.8) is 0 Å². The van der Waals surface area contributed by atoms with E-state index in [1.54, 1.807) is 18.3 Å². The molecular weight excluding hydrogens is 395 g/mol. The smallest absolute Gasteiger partial charge is 0.416 e. The number of carbonyl (C=O) groups excluding carboxylic acids is 1. The Hall–Kier alpha value is -3.47. The molecule has 30 heavy (non-hydrogen) atoms. The molecular formula is C22H18F3N3O2. The number of nitrogens with zero attached hydrogens (tertiary/aromatic N) is 1. The summed E-state index contributed by atoms with van der Waals surface area (Å²) < 4.78 is 43.6. The van der Waals surface area contributed by atoms with Gasteiger partial charge in [0.25, 0.3) is 0 Å². The van der Waals surface area contributed by atoms with Gasteiger partial charge in [0.1, 0.15) is 5.75 Å². The minimum absolute atomic E-state index is 0.170. The van der Waals surface area contributed by atoms with E-state index in [1.165, 1.54) is 12.1 Å². The molecule has 8 heteroatoms. The molecule has 0 saturated heterocycles. The van der Waals surface area contributed by atoms with Crippen LogP contribution in [0.4, 0.5) is 18.9 Å². The van der Waals surface area contributed by atoms with Crippen molar-refractivity contribution >= 4 is 22.5 Å². The molecule has 1 aromatic heterocycles. The lowest BCUT2D eigenvalue weighted by Gasteiger charge is -2.09. The van der Waals surface area contributed by atoms with Crippen LogP contribution in [0.2, 0.25) is 0 Å². The molecule has 1 amide bonds. The summed E-state index contributed by atoms with van der Waals surface area (Å²) in [4.78, 5) is 15.3. The number of carbonyl (C=O) groups is 1. The molecule has 2 N–H and O–H groups in total. The predicted molar refractivity (Wildman–Crippen MR) is 105 cm³/mol. The minimum Gasteiger partial charge on any atom is -0.493 e. The normalized spacial score (nSPS) is 18.1. The zero-order chi connectivity index (χ0) is 21.3. The Bertz CT molecular complexity index is 1110. The number of aromatic amines is 1. The third kappa shape index (κ3) is 4.25. The number of H-pyrrole nitrogens is 1. The average molecular weight is 413 g/mol. The maximum atomic E-state index is 12.6. The molecule has 0 aliphatic heterocycles. The predicted octanol–water partition coefficient (Wildman–Crippen LogP) is 4.91. The van der Waals surface area contributed by atoms with Gasteiger partial charge in [-0.1, -0.05) is 12.1 Å². The summed E-state index contributed by atoms with van der Waals surface area (Å²) in [6.07, 6.45) is -1.60. The largest absolute Gasteiger partial charge is 0.493 e. The molecule has 2 unspecified atom stereocenters. The quantitative estimate of drug-likeness (QED) is 0.603. The van der Waals surface area contributed by atoms with Crippen molar-refractivity contribution in [2.75, 3.05) is 11.9 Å². The molecule has 1 fully saturated rings. The number of anilines is 1. The van der Waals surface area contributed by atoms with Crippen LogP contribution in [-0.2, 0) is 17.4 Å². The summed E-state index contributed by atoms with van der Waals surface area (Å²) in [6.45, 7) is 0.301. The summed E-state index contributed by atoms with van der Waals surface area (Å²) in [6, 6.07) is 12.5. The fourth-order valence-corrected chi connectivity index (χ4v) is 3.29. The molecule has 2 aromatic carbocycles. The molecule has 1 saturated carbocycles. The first-order valence-corrected chi connectivity index (χ1v) is 9.45. The highest BCUT2D eigenvalue weighted by atomic mass is 19.4. The highest BCUT2D eigenvalue weighted by Gasteiger charge is 2.43. The van der Waals surface area contributed by atoms with Crippen molar-refractivity contribution in [2.24, 2.45) is 11.8 Å². The van der Waals surface area contributed by atoms with Gasteiger partial charge >= 0.3 is 6.18 Å². The van der Waals surface area contributed by atoms with Crippen LogP contribution in [0.5, 0.6) is 5.75 Å². The number of rotatable bonds is 6. The average Bonchev–Trinajstić information content (AvgIpc) is 3.42. The molecule has 1 heterocycles. The first kappa shape index (κ1) is 19.8. The molecule has 0 radical (unpaired) electrons. The number of aromatic nitrogens is 1. The van der Waals surface area contributed by atoms with Gasteiger partial charge in [-0.15, -0.1) is 0 Å². The molecule has 0 spiro atoms. The Labute approximate surface area is 170 Å². The number of fused-ring (bicyclic) bond motifs is 1. The van der Waals surface area contributed by atoms with Gasteiger partial charge in [0, 0.05) is 23.5 Å². The summed E-state index contributed by atoms with van der Waals surface area (Å²) in [5, 5.41) is 12.5. The van der Waals surface area contributed by atoms with Gasteiger partial charge in [-0.3, -0.25) is 4.79 Å². The highest BCUT2D eigenvalue weighted by Crippen LogP contribution is 2.39. The van der Waals surface area contributed by atoms with Gasteiger partial charge in [-0.2, -0.15) is 18.4 Å². The van der Waals surface area contributed by atoms with E-state index < -0.39 is 11.7 Å². The van der Waals surface area contributed by atoms with Gasteiger partial charge in [-0.05, 0) is 42.3 Å². The van der Waals surface area contributed by atoms with Gasteiger partial charge < -0.3 is 15.0 Å². The Morgan fingerprint density at radius 2 is 2.00 bits per heavy atom. The number of ether oxygens (including phenoxy) is 1. The topological polar surface area (TPSA) is 77.9 Å². The fourth-order valence-electron chi connectivity index (χ4n) is 3.29. The first-order valence-electron chi connectivity index (χ1n) is 9.45. The van der Waals surface area contributed by atoms with Crippen LogP contribution in [-0.4, -0.2) is 17.5 Å². The van der Waals surface area contributed by atoms with Crippen LogP contribution < -0.4 is 10.1 Å². The monoisotopic (exact) mass is 413 g/mol. The summed E-state index contributed by atoms with van der Waals surface area (Å²) in [5.41, 5.74) is 1.52. The lowest BCUT2D eigenvalue weighted by Crippen LogP contribution is -2.14. The number of nitrogens with one attached hydrogen (secondary N) is 2. The molecule has 1 aliphatic carbocycles. The number of alkyl halides is 3. The molecule has 3 aromatic rings. The molecule has 1 aliphatic rings. The molecule has 0 bridgehead atoms. The summed E-state index contributed by atoms with van der Waals surface area (Å²) in [5.74, 6) is -0.0516. The van der Waals surface area contributed by atoms with Crippen LogP contribution in [0.3, 0.4) is 0 Å². The van der Waals surface area contributed by atoms with Crippen LogP contribution in [0.25, 0.3) is 10.9 Å². The minimum atomic E-state index is -4.34. The number of benzene rings is 2. The fraction of sp³-hybridized carbons (Fsp3) is 0.273. The number of hydrogen-bond donors (Lipinski definition) is 2. The third-order valence-electron chi connectivity index (χ3n) is 5.14. The third-order valence-corrected chi connectivity index (χ3v) is 5.14. The van der Waals surface area contributed by atoms with E-state index in [4.69, 9.17) is 10.00 Å². The molecule has 5 nitrogen and oxygen atoms in total. The van der Waals surface area contributed by atoms with Crippen molar-refractivity contribution in [2.45, 2.75) is 19.0 Å². The van der Waals surface area contributed by atoms with Crippen molar-refractivity contribution in [3.8, 4) is 11.8 Å². The Kier molecular flexibility index (Phi) is 5.12. The summed E-state index contributed by atoms with van der Waals surface area (Å²) >= 11 is 0. The van der Waals surface area contributed by atoms with Crippen LogP contribution in [0.1, 0.15) is 17.5 Å². The van der Waals surface area contributed by atoms with E-state index in [-0.39, 0.29) is 17.7 Å². The first-order chi connectivity index (χ1) is 14.3. The van der Waals surface area contributed by atoms with Gasteiger partial charge in [0.15, 0.2) is 0 Å². The van der Waals surface area contributed by atoms with Crippen LogP contribution in [0.15, 0.2) is 48.7 Å². The van der Waals surface area contributed by atoms with Crippen molar-refractivity contribution in [3.05, 3.63) is 59.8 Å². The van der Waals surface area contributed by atoms with E-state index in [0.717, 1.165) is 28.6 Å². The Balaban J connectivity index is 1.38. The second-order valence-corrected chi connectivity index (χ2v) is 7.27. The number of halogens is 3. The Morgan fingerprint density at radius 1 is 1.23 bits per heavy atom. The van der Waals surface area contributed by atoms with Crippen LogP contribution >= 0.6 is 0 Å². The molecule has 4 rings (SSSR count).